The van der Waals surface area contributed by atoms with Crippen LogP contribution in [-0.2, 0) is 6.42 Å². The standard InChI is InChI=1S/C21H24Cl2O2S/c1-4-5-16-14-19(10-11-20(16)24-13-12-21(22)23)26-18-8-6-17(7-9-18)25-15(2)3/h6-12,14-15H,4-5,13H2,1-3H3. The van der Waals surface area contributed by atoms with E-state index < -0.39 is 0 Å². The molecule has 2 nitrogen and oxygen atoms in total. The first-order valence-electron chi connectivity index (χ1n) is 8.69. The van der Waals surface area contributed by atoms with E-state index in [0.29, 0.717) is 6.61 Å². The van der Waals surface area contributed by atoms with Crippen LogP contribution in [-0.4, -0.2) is 12.7 Å². The molecule has 0 fully saturated rings. The zero-order valence-corrected chi connectivity index (χ0v) is 17.6. The van der Waals surface area contributed by atoms with Gasteiger partial charge in [-0.2, -0.15) is 0 Å². The summed E-state index contributed by atoms with van der Waals surface area (Å²) in [6.45, 7) is 6.58. The molecule has 5 heteroatoms. The van der Waals surface area contributed by atoms with Crippen molar-refractivity contribution in [3.05, 3.63) is 58.6 Å². The van der Waals surface area contributed by atoms with E-state index in [1.165, 1.54) is 15.4 Å². The zero-order chi connectivity index (χ0) is 18.9. The lowest BCUT2D eigenvalue weighted by molar-refractivity contribution is 0.242. The normalized spacial score (nSPS) is 10.7. The quantitative estimate of drug-likeness (QED) is 0.432. The number of benzene rings is 2. The van der Waals surface area contributed by atoms with Crippen LogP contribution in [0, 0.1) is 0 Å². The highest BCUT2D eigenvalue weighted by Gasteiger charge is 2.07. The third-order valence-electron chi connectivity index (χ3n) is 3.46. The molecular formula is C21H24Cl2O2S. The van der Waals surface area contributed by atoms with Gasteiger partial charge in [-0.15, -0.1) is 0 Å². The summed E-state index contributed by atoms with van der Waals surface area (Å²) < 4.78 is 11.7. The van der Waals surface area contributed by atoms with E-state index in [2.05, 4.69) is 31.2 Å². The van der Waals surface area contributed by atoms with Gasteiger partial charge in [0, 0.05) is 9.79 Å². The summed E-state index contributed by atoms with van der Waals surface area (Å²) >= 11 is 13.0. The van der Waals surface area contributed by atoms with Gasteiger partial charge in [-0.1, -0.05) is 48.3 Å². The van der Waals surface area contributed by atoms with Crippen LogP contribution in [0.15, 0.2) is 62.8 Å². The first kappa shape index (κ1) is 21.0. The second-order valence-corrected chi connectivity index (χ2v) is 8.22. The molecule has 2 aromatic rings. The Morgan fingerprint density at radius 3 is 2.38 bits per heavy atom. The molecule has 0 atom stereocenters. The Kier molecular flexibility index (Phi) is 8.70. The summed E-state index contributed by atoms with van der Waals surface area (Å²) in [5, 5.41) is 0. The first-order valence-corrected chi connectivity index (χ1v) is 10.3. The summed E-state index contributed by atoms with van der Waals surface area (Å²) in [7, 11) is 0. The smallest absolute Gasteiger partial charge is 0.123 e. The van der Waals surface area contributed by atoms with Crippen molar-refractivity contribution in [2.24, 2.45) is 0 Å². The average molecular weight is 411 g/mol. The van der Waals surface area contributed by atoms with E-state index in [4.69, 9.17) is 32.7 Å². The topological polar surface area (TPSA) is 18.5 Å². The van der Waals surface area contributed by atoms with Gasteiger partial charge in [0.05, 0.1) is 6.10 Å². The predicted molar refractivity (Wildman–Crippen MR) is 112 cm³/mol. The van der Waals surface area contributed by atoms with Crippen molar-refractivity contribution in [2.45, 2.75) is 49.5 Å². The lowest BCUT2D eigenvalue weighted by Gasteiger charge is -2.12. The second kappa shape index (κ2) is 10.8. The van der Waals surface area contributed by atoms with Crippen LogP contribution in [0.2, 0.25) is 0 Å². The minimum atomic E-state index is 0.182. The Balaban J connectivity index is 2.09. The number of halogens is 2. The maximum absolute atomic E-state index is 5.79. The van der Waals surface area contributed by atoms with Gasteiger partial charge in [-0.25, -0.2) is 0 Å². The molecule has 0 saturated carbocycles. The van der Waals surface area contributed by atoms with E-state index in [1.54, 1.807) is 17.8 Å². The number of ether oxygens (including phenoxy) is 2. The van der Waals surface area contributed by atoms with Crippen molar-refractivity contribution < 1.29 is 9.47 Å². The van der Waals surface area contributed by atoms with Crippen LogP contribution in [0.25, 0.3) is 0 Å². The minimum absolute atomic E-state index is 0.182. The molecule has 0 spiro atoms. The van der Waals surface area contributed by atoms with Crippen LogP contribution in [0.1, 0.15) is 32.8 Å². The third kappa shape index (κ3) is 7.14. The van der Waals surface area contributed by atoms with Gasteiger partial charge in [0.15, 0.2) is 0 Å². The van der Waals surface area contributed by atoms with Crippen molar-refractivity contribution in [3.63, 3.8) is 0 Å². The molecule has 0 aliphatic heterocycles. The molecule has 0 bridgehead atoms. The van der Waals surface area contributed by atoms with Crippen LogP contribution in [0.5, 0.6) is 11.5 Å². The van der Waals surface area contributed by atoms with Gasteiger partial charge in [-0.3, -0.25) is 0 Å². The average Bonchev–Trinajstić information content (AvgIpc) is 2.58. The highest BCUT2D eigenvalue weighted by Crippen LogP contribution is 2.33. The fourth-order valence-corrected chi connectivity index (χ4v) is 3.42. The lowest BCUT2D eigenvalue weighted by atomic mass is 10.1. The maximum Gasteiger partial charge on any atom is 0.123 e. The Hall–Kier alpha value is -1.29. The minimum Gasteiger partial charge on any atom is -0.491 e. The summed E-state index contributed by atoms with van der Waals surface area (Å²) in [5.41, 5.74) is 1.19. The first-order chi connectivity index (χ1) is 12.5. The molecule has 0 aliphatic carbocycles. The van der Waals surface area contributed by atoms with Gasteiger partial charge in [0.25, 0.3) is 0 Å². The highest BCUT2D eigenvalue weighted by molar-refractivity contribution is 7.99. The second-order valence-electron chi connectivity index (χ2n) is 6.06. The molecule has 140 valence electrons. The van der Waals surface area contributed by atoms with Crippen molar-refractivity contribution >= 4 is 35.0 Å². The van der Waals surface area contributed by atoms with E-state index in [-0.39, 0.29) is 10.6 Å². The summed E-state index contributed by atoms with van der Waals surface area (Å²) in [5.74, 6) is 1.77. The zero-order valence-electron chi connectivity index (χ0n) is 15.3. The predicted octanol–water partition coefficient (Wildman–Crippen LogP) is 7.28. The van der Waals surface area contributed by atoms with Crippen molar-refractivity contribution in [2.75, 3.05) is 6.61 Å². The van der Waals surface area contributed by atoms with Crippen LogP contribution in [0.4, 0.5) is 0 Å². The number of rotatable bonds is 9. The van der Waals surface area contributed by atoms with Gasteiger partial charge < -0.3 is 9.47 Å². The third-order valence-corrected chi connectivity index (χ3v) is 4.77. The maximum atomic E-state index is 5.79. The van der Waals surface area contributed by atoms with E-state index in [9.17, 15) is 0 Å². The molecule has 0 amide bonds. The molecule has 0 heterocycles. The SMILES string of the molecule is CCCc1cc(Sc2ccc(OC(C)C)cc2)ccc1OCC=C(Cl)Cl. The van der Waals surface area contributed by atoms with Crippen molar-refractivity contribution in [1.29, 1.82) is 0 Å². The Morgan fingerprint density at radius 1 is 1.08 bits per heavy atom. The van der Waals surface area contributed by atoms with E-state index in [1.807, 2.05) is 32.0 Å². The Bertz CT molecular complexity index is 723. The van der Waals surface area contributed by atoms with Crippen LogP contribution >= 0.6 is 35.0 Å². The molecule has 0 saturated heterocycles. The molecule has 26 heavy (non-hydrogen) atoms. The molecule has 0 N–H and O–H groups in total. The number of hydrogen-bond donors (Lipinski definition) is 0. The summed E-state index contributed by atoms with van der Waals surface area (Å²) in [6, 6.07) is 14.5. The van der Waals surface area contributed by atoms with E-state index in [0.717, 1.165) is 24.3 Å². The van der Waals surface area contributed by atoms with Crippen LogP contribution in [0.3, 0.4) is 0 Å². The van der Waals surface area contributed by atoms with Crippen molar-refractivity contribution in [1.82, 2.24) is 0 Å². The van der Waals surface area contributed by atoms with Gasteiger partial charge in [0.2, 0.25) is 0 Å². The molecule has 2 rings (SSSR count). The fraction of sp³-hybridized carbons (Fsp3) is 0.333. The molecule has 0 aromatic heterocycles. The largest absolute Gasteiger partial charge is 0.491 e. The van der Waals surface area contributed by atoms with Gasteiger partial charge in [-0.05, 0) is 74.4 Å². The summed E-state index contributed by atoms with van der Waals surface area (Å²) in [4.78, 5) is 2.36. The fourth-order valence-electron chi connectivity index (χ4n) is 2.41. The van der Waals surface area contributed by atoms with Crippen molar-refractivity contribution in [3.8, 4) is 11.5 Å². The Morgan fingerprint density at radius 2 is 1.77 bits per heavy atom. The van der Waals surface area contributed by atoms with Gasteiger partial charge >= 0.3 is 0 Å². The number of aryl methyl sites for hydroxylation is 1. The summed E-state index contributed by atoms with van der Waals surface area (Å²) in [6.07, 6.45) is 3.84. The molecule has 0 unspecified atom stereocenters. The van der Waals surface area contributed by atoms with Gasteiger partial charge in [0.1, 0.15) is 22.6 Å². The Labute approximate surface area is 170 Å². The van der Waals surface area contributed by atoms with E-state index >= 15 is 0 Å². The highest BCUT2D eigenvalue weighted by atomic mass is 35.5. The molecular weight excluding hydrogens is 387 g/mol. The monoisotopic (exact) mass is 410 g/mol. The number of hydrogen-bond acceptors (Lipinski definition) is 3. The molecule has 0 radical (unpaired) electrons. The lowest BCUT2D eigenvalue weighted by Crippen LogP contribution is -2.04. The molecule has 2 aromatic carbocycles. The van der Waals surface area contributed by atoms with Crippen LogP contribution < -0.4 is 9.47 Å². The molecule has 0 aliphatic rings.